The number of fused-ring (bicyclic) bond motifs is 1. The van der Waals surface area contributed by atoms with E-state index in [-0.39, 0.29) is 12.5 Å². The summed E-state index contributed by atoms with van der Waals surface area (Å²) in [6, 6.07) is 18.1. The van der Waals surface area contributed by atoms with E-state index in [1.165, 1.54) is 5.56 Å². The number of carbonyl (C=O) groups excluding carboxylic acids is 1. The SMILES string of the molecule is Cc1ccc(-c2ccc3c(c2)C=C(C(=O)NCc2ccco2)CO3)cc1. The normalized spacial score (nSPS) is 12.7. The second-order valence-corrected chi connectivity index (χ2v) is 6.34. The predicted octanol–water partition coefficient (Wildman–Crippen LogP) is 4.35. The second-order valence-electron chi connectivity index (χ2n) is 6.34. The molecule has 3 aromatic rings. The monoisotopic (exact) mass is 345 g/mol. The van der Waals surface area contributed by atoms with Gasteiger partial charge in [-0.1, -0.05) is 35.9 Å². The Kier molecular flexibility index (Phi) is 4.32. The van der Waals surface area contributed by atoms with Crippen LogP contribution >= 0.6 is 0 Å². The first-order chi connectivity index (χ1) is 12.7. The first-order valence-corrected chi connectivity index (χ1v) is 8.54. The lowest BCUT2D eigenvalue weighted by Gasteiger charge is -2.18. The van der Waals surface area contributed by atoms with E-state index in [1.807, 2.05) is 24.3 Å². The number of amides is 1. The number of rotatable bonds is 4. The van der Waals surface area contributed by atoms with E-state index < -0.39 is 0 Å². The number of ether oxygens (including phenoxy) is 1. The molecule has 130 valence electrons. The van der Waals surface area contributed by atoms with Crippen molar-refractivity contribution in [2.75, 3.05) is 6.61 Å². The van der Waals surface area contributed by atoms with Crippen molar-refractivity contribution in [3.63, 3.8) is 0 Å². The molecule has 0 bridgehead atoms. The number of nitrogens with one attached hydrogen (secondary N) is 1. The molecular formula is C22H19NO3. The standard InChI is InChI=1S/C22H19NO3/c1-15-4-6-16(7-5-15)17-8-9-21-18(11-17)12-19(14-26-21)22(24)23-13-20-3-2-10-25-20/h2-12H,13-14H2,1H3,(H,23,24). The highest BCUT2D eigenvalue weighted by Crippen LogP contribution is 2.31. The molecule has 4 heteroatoms. The summed E-state index contributed by atoms with van der Waals surface area (Å²) in [7, 11) is 0. The van der Waals surface area contributed by atoms with Crippen molar-refractivity contribution in [3.05, 3.63) is 83.3 Å². The van der Waals surface area contributed by atoms with Crippen LogP contribution in [0.4, 0.5) is 0 Å². The largest absolute Gasteiger partial charge is 0.488 e. The van der Waals surface area contributed by atoms with Gasteiger partial charge >= 0.3 is 0 Å². The maximum absolute atomic E-state index is 12.4. The van der Waals surface area contributed by atoms with Crippen LogP contribution in [-0.4, -0.2) is 12.5 Å². The molecule has 0 saturated carbocycles. The lowest BCUT2D eigenvalue weighted by molar-refractivity contribution is -0.118. The number of benzene rings is 2. The van der Waals surface area contributed by atoms with Gasteiger partial charge in [-0.25, -0.2) is 0 Å². The smallest absolute Gasteiger partial charge is 0.251 e. The number of furan rings is 1. The van der Waals surface area contributed by atoms with E-state index in [2.05, 4.69) is 42.6 Å². The van der Waals surface area contributed by atoms with Gasteiger partial charge in [0.05, 0.1) is 18.4 Å². The summed E-state index contributed by atoms with van der Waals surface area (Å²) in [5.74, 6) is 1.37. The van der Waals surface area contributed by atoms with Crippen LogP contribution in [0.25, 0.3) is 17.2 Å². The van der Waals surface area contributed by atoms with Crippen molar-refractivity contribution in [3.8, 4) is 16.9 Å². The molecule has 0 aliphatic carbocycles. The number of aryl methyl sites for hydroxylation is 1. The second kappa shape index (κ2) is 6.92. The Morgan fingerprint density at radius 1 is 1.08 bits per heavy atom. The van der Waals surface area contributed by atoms with E-state index in [1.54, 1.807) is 12.3 Å². The van der Waals surface area contributed by atoms with E-state index >= 15 is 0 Å². The van der Waals surface area contributed by atoms with Crippen LogP contribution in [-0.2, 0) is 11.3 Å². The lowest BCUT2D eigenvalue weighted by Crippen LogP contribution is -2.28. The topological polar surface area (TPSA) is 51.5 Å². The van der Waals surface area contributed by atoms with Gasteiger partial charge in [0.2, 0.25) is 0 Å². The van der Waals surface area contributed by atoms with Gasteiger partial charge in [-0.15, -0.1) is 0 Å². The average Bonchev–Trinajstić information content (AvgIpc) is 3.19. The first kappa shape index (κ1) is 16.2. The van der Waals surface area contributed by atoms with Crippen molar-refractivity contribution in [1.29, 1.82) is 0 Å². The molecule has 1 amide bonds. The number of carbonyl (C=O) groups is 1. The van der Waals surface area contributed by atoms with Crippen molar-refractivity contribution in [1.82, 2.24) is 5.32 Å². The first-order valence-electron chi connectivity index (χ1n) is 8.54. The van der Waals surface area contributed by atoms with Gasteiger partial charge in [-0.05, 0) is 48.4 Å². The van der Waals surface area contributed by atoms with Crippen molar-refractivity contribution in [2.45, 2.75) is 13.5 Å². The molecule has 0 radical (unpaired) electrons. The van der Waals surface area contributed by atoms with Gasteiger partial charge in [0.15, 0.2) is 0 Å². The summed E-state index contributed by atoms with van der Waals surface area (Å²) in [4.78, 5) is 12.4. The molecule has 0 atom stereocenters. The van der Waals surface area contributed by atoms with Gasteiger partial charge < -0.3 is 14.5 Å². The van der Waals surface area contributed by atoms with Crippen LogP contribution in [0.3, 0.4) is 0 Å². The summed E-state index contributed by atoms with van der Waals surface area (Å²) in [5, 5.41) is 2.86. The fourth-order valence-corrected chi connectivity index (χ4v) is 2.93. The van der Waals surface area contributed by atoms with E-state index in [0.717, 1.165) is 28.2 Å². The van der Waals surface area contributed by atoms with E-state index in [4.69, 9.17) is 9.15 Å². The third-order valence-electron chi connectivity index (χ3n) is 4.40. The fraction of sp³-hybridized carbons (Fsp3) is 0.136. The van der Waals surface area contributed by atoms with Crippen molar-refractivity contribution < 1.29 is 13.9 Å². The molecule has 1 aromatic heterocycles. The highest BCUT2D eigenvalue weighted by molar-refractivity contribution is 5.99. The minimum absolute atomic E-state index is 0.146. The Morgan fingerprint density at radius 2 is 1.88 bits per heavy atom. The highest BCUT2D eigenvalue weighted by atomic mass is 16.5. The van der Waals surface area contributed by atoms with E-state index in [0.29, 0.717) is 12.1 Å². The Bertz CT molecular complexity index is 954. The Hall–Kier alpha value is -3.27. The van der Waals surface area contributed by atoms with Crippen molar-refractivity contribution in [2.24, 2.45) is 0 Å². The molecule has 2 heterocycles. The number of hydrogen-bond donors (Lipinski definition) is 1. The molecule has 1 N–H and O–H groups in total. The van der Waals surface area contributed by atoms with Crippen LogP contribution in [0.5, 0.6) is 5.75 Å². The Balaban J connectivity index is 1.55. The van der Waals surface area contributed by atoms with E-state index in [9.17, 15) is 4.79 Å². The molecule has 26 heavy (non-hydrogen) atoms. The van der Waals surface area contributed by atoms with Gasteiger partial charge in [0.1, 0.15) is 18.1 Å². The predicted molar refractivity (Wildman–Crippen MR) is 101 cm³/mol. The molecule has 2 aromatic carbocycles. The van der Waals surface area contributed by atoms with Crippen molar-refractivity contribution >= 4 is 12.0 Å². The summed E-state index contributed by atoms with van der Waals surface area (Å²) in [6.45, 7) is 2.70. The molecule has 4 rings (SSSR count). The lowest BCUT2D eigenvalue weighted by atomic mass is 9.99. The summed E-state index contributed by atoms with van der Waals surface area (Å²) in [5.41, 5.74) is 4.98. The zero-order chi connectivity index (χ0) is 17.9. The molecule has 0 unspecified atom stereocenters. The minimum atomic E-state index is -0.146. The Labute approximate surface area is 152 Å². The molecular weight excluding hydrogens is 326 g/mol. The average molecular weight is 345 g/mol. The number of hydrogen-bond acceptors (Lipinski definition) is 3. The zero-order valence-electron chi connectivity index (χ0n) is 14.5. The van der Waals surface area contributed by atoms with Crippen LogP contribution in [0.1, 0.15) is 16.9 Å². The zero-order valence-corrected chi connectivity index (χ0v) is 14.5. The third kappa shape index (κ3) is 3.40. The third-order valence-corrected chi connectivity index (χ3v) is 4.40. The summed E-state index contributed by atoms with van der Waals surface area (Å²) in [6.07, 6.45) is 3.49. The molecule has 4 nitrogen and oxygen atoms in total. The van der Waals surface area contributed by atoms with Gasteiger partial charge in [-0.3, -0.25) is 4.79 Å². The molecule has 0 fully saturated rings. The van der Waals surface area contributed by atoms with Crippen LogP contribution in [0.15, 0.2) is 70.9 Å². The van der Waals surface area contributed by atoms with Crippen LogP contribution in [0, 0.1) is 6.92 Å². The summed E-state index contributed by atoms with van der Waals surface area (Å²) >= 11 is 0. The van der Waals surface area contributed by atoms with Crippen LogP contribution in [0.2, 0.25) is 0 Å². The van der Waals surface area contributed by atoms with Gasteiger partial charge in [0.25, 0.3) is 5.91 Å². The summed E-state index contributed by atoms with van der Waals surface area (Å²) < 4.78 is 11.0. The Morgan fingerprint density at radius 3 is 2.65 bits per heavy atom. The van der Waals surface area contributed by atoms with Gasteiger partial charge in [0, 0.05) is 5.56 Å². The molecule has 1 aliphatic heterocycles. The quantitative estimate of drug-likeness (QED) is 0.765. The molecule has 0 saturated heterocycles. The minimum Gasteiger partial charge on any atom is -0.488 e. The molecule has 1 aliphatic rings. The fourth-order valence-electron chi connectivity index (χ4n) is 2.93. The maximum Gasteiger partial charge on any atom is 0.251 e. The molecule has 0 spiro atoms. The van der Waals surface area contributed by atoms with Gasteiger partial charge in [-0.2, -0.15) is 0 Å². The maximum atomic E-state index is 12.4. The highest BCUT2D eigenvalue weighted by Gasteiger charge is 2.18. The van der Waals surface area contributed by atoms with Crippen LogP contribution < -0.4 is 10.1 Å².